The molecular weight excluding hydrogens is 326 g/mol. The van der Waals surface area contributed by atoms with Gasteiger partial charge < -0.3 is 14.6 Å². The van der Waals surface area contributed by atoms with Crippen molar-refractivity contribution in [2.45, 2.75) is 26.9 Å². The van der Waals surface area contributed by atoms with Crippen LogP contribution in [0.1, 0.15) is 22.6 Å². The van der Waals surface area contributed by atoms with Gasteiger partial charge in [0.25, 0.3) is 0 Å². The van der Waals surface area contributed by atoms with Gasteiger partial charge in [-0.2, -0.15) is 0 Å². The van der Waals surface area contributed by atoms with Crippen LogP contribution in [0.3, 0.4) is 0 Å². The second-order valence-corrected chi connectivity index (χ2v) is 6.19. The molecule has 24 heavy (non-hydrogen) atoms. The van der Waals surface area contributed by atoms with Gasteiger partial charge in [-0.1, -0.05) is 17.3 Å². The van der Waals surface area contributed by atoms with Gasteiger partial charge in [-0.05, 0) is 31.5 Å². The number of carbonyl (C=O) groups excluding carboxylic acids is 1. The van der Waals surface area contributed by atoms with E-state index in [1.165, 1.54) is 11.3 Å². The Morgan fingerprint density at radius 1 is 1.29 bits per heavy atom. The lowest BCUT2D eigenvalue weighted by Gasteiger charge is -2.07. The zero-order valence-electron chi connectivity index (χ0n) is 13.4. The van der Waals surface area contributed by atoms with Crippen LogP contribution in [0.2, 0.25) is 0 Å². The van der Waals surface area contributed by atoms with Gasteiger partial charge in [0.05, 0.1) is 17.7 Å². The van der Waals surface area contributed by atoms with Crippen molar-refractivity contribution in [3.05, 3.63) is 58.4 Å². The number of hydrogen-bond acceptors (Lipinski definition) is 6. The minimum absolute atomic E-state index is 0.0886. The van der Waals surface area contributed by atoms with E-state index in [1.54, 1.807) is 6.20 Å². The molecule has 1 aromatic carbocycles. The second kappa shape index (κ2) is 7.27. The van der Waals surface area contributed by atoms with E-state index in [4.69, 9.17) is 9.26 Å². The lowest BCUT2D eigenvalue weighted by atomic mass is 10.1. The third kappa shape index (κ3) is 3.99. The number of rotatable bonds is 6. The van der Waals surface area contributed by atoms with Gasteiger partial charge in [0.15, 0.2) is 5.13 Å². The molecule has 0 atom stereocenters. The first-order chi connectivity index (χ1) is 11.6. The highest BCUT2D eigenvalue weighted by atomic mass is 32.1. The number of ether oxygens (including phenoxy) is 1. The number of nitrogens with zero attached hydrogens (tertiary/aromatic N) is 2. The van der Waals surface area contributed by atoms with E-state index in [9.17, 15) is 4.79 Å². The van der Waals surface area contributed by atoms with Gasteiger partial charge >= 0.3 is 0 Å². The van der Waals surface area contributed by atoms with Crippen LogP contribution < -0.4 is 10.1 Å². The minimum Gasteiger partial charge on any atom is -0.489 e. The fourth-order valence-electron chi connectivity index (χ4n) is 2.20. The smallest absolute Gasteiger partial charge is 0.230 e. The third-order valence-electron chi connectivity index (χ3n) is 3.53. The van der Waals surface area contributed by atoms with Crippen molar-refractivity contribution in [2.24, 2.45) is 0 Å². The summed E-state index contributed by atoms with van der Waals surface area (Å²) in [4.78, 5) is 16.0. The SMILES string of the molecule is Cc1noc(C)c1COc1ccc(CC(=O)Nc2nccs2)cc1. The molecule has 0 unspecified atom stereocenters. The van der Waals surface area contributed by atoms with Crippen LogP contribution in [0.15, 0.2) is 40.4 Å². The van der Waals surface area contributed by atoms with Crippen LogP contribution >= 0.6 is 11.3 Å². The van der Waals surface area contributed by atoms with Gasteiger partial charge in [-0.15, -0.1) is 11.3 Å². The standard InChI is InChI=1S/C17H17N3O3S/c1-11-15(12(2)23-20-11)10-22-14-5-3-13(4-6-14)9-16(21)19-17-18-7-8-24-17/h3-8H,9-10H2,1-2H3,(H,18,19,21). The molecule has 0 spiro atoms. The summed E-state index contributed by atoms with van der Waals surface area (Å²) in [6.45, 7) is 4.16. The highest BCUT2D eigenvalue weighted by molar-refractivity contribution is 7.13. The van der Waals surface area contributed by atoms with Crippen LogP contribution in [0.25, 0.3) is 0 Å². The molecule has 2 aromatic heterocycles. The number of nitrogens with one attached hydrogen (secondary N) is 1. The predicted molar refractivity (Wildman–Crippen MR) is 91.2 cm³/mol. The van der Waals surface area contributed by atoms with E-state index >= 15 is 0 Å². The van der Waals surface area contributed by atoms with Gasteiger partial charge in [0.2, 0.25) is 5.91 Å². The first kappa shape index (κ1) is 16.2. The van der Waals surface area contributed by atoms with Crippen LogP contribution in [-0.4, -0.2) is 16.0 Å². The van der Waals surface area contributed by atoms with Crippen molar-refractivity contribution in [3.8, 4) is 5.75 Å². The van der Waals surface area contributed by atoms with Gasteiger partial charge in [-0.25, -0.2) is 4.98 Å². The molecular formula is C17H17N3O3S. The third-order valence-corrected chi connectivity index (χ3v) is 4.22. The molecule has 2 heterocycles. The van der Waals surface area contributed by atoms with E-state index in [0.29, 0.717) is 18.2 Å². The molecule has 7 heteroatoms. The zero-order valence-corrected chi connectivity index (χ0v) is 14.2. The Morgan fingerprint density at radius 2 is 2.08 bits per heavy atom. The Morgan fingerprint density at radius 3 is 2.71 bits per heavy atom. The van der Waals surface area contributed by atoms with E-state index in [1.807, 2.05) is 43.5 Å². The quantitative estimate of drug-likeness (QED) is 0.741. The predicted octanol–water partition coefficient (Wildman–Crippen LogP) is 3.51. The van der Waals surface area contributed by atoms with Crippen LogP contribution in [0, 0.1) is 13.8 Å². The molecule has 0 saturated heterocycles. The lowest BCUT2D eigenvalue weighted by Crippen LogP contribution is -2.14. The molecule has 0 aliphatic rings. The monoisotopic (exact) mass is 343 g/mol. The van der Waals surface area contributed by atoms with E-state index in [2.05, 4.69) is 15.5 Å². The number of hydrogen-bond donors (Lipinski definition) is 1. The Balaban J connectivity index is 1.54. The van der Waals surface area contributed by atoms with Crippen molar-refractivity contribution in [1.82, 2.24) is 10.1 Å². The Bertz CT molecular complexity index is 791. The molecule has 3 aromatic rings. The largest absolute Gasteiger partial charge is 0.489 e. The molecule has 6 nitrogen and oxygen atoms in total. The van der Waals surface area contributed by atoms with E-state index in [-0.39, 0.29) is 5.91 Å². The van der Waals surface area contributed by atoms with Crippen molar-refractivity contribution in [2.75, 3.05) is 5.32 Å². The first-order valence-electron chi connectivity index (χ1n) is 7.44. The molecule has 0 aliphatic carbocycles. The molecule has 0 bridgehead atoms. The summed E-state index contributed by atoms with van der Waals surface area (Å²) in [5, 5.41) is 9.09. The summed E-state index contributed by atoms with van der Waals surface area (Å²) >= 11 is 1.40. The number of thiazole rings is 1. The molecule has 124 valence electrons. The van der Waals surface area contributed by atoms with Crippen molar-refractivity contribution >= 4 is 22.4 Å². The highest BCUT2D eigenvalue weighted by Crippen LogP contribution is 2.18. The van der Waals surface area contributed by atoms with E-state index < -0.39 is 0 Å². The number of anilines is 1. The van der Waals surface area contributed by atoms with Gasteiger partial charge in [-0.3, -0.25) is 4.79 Å². The number of aromatic nitrogens is 2. The molecule has 0 aliphatic heterocycles. The number of carbonyl (C=O) groups is 1. The maximum atomic E-state index is 11.9. The van der Waals surface area contributed by atoms with Crippen LogP contribution in [-0.2, 0) is 17.8 Å². The fourth-order valence-corrected chi connectivity index (χ4v) is 2.75. The average Bonchev–Trinajstić information content (AvgIpc) is 3.17. The number of amides is 1. The number of aryl methyl sites for hydroxylation is 2. The summed E-state index contributed by atoms with van der Waals surface area (Å²) < 4.78 is 10.9. The summed E-state index contributed by atoms with van der Waals surface area (Å²) in [5.41, 5.74) is 2.71. The normalized spacial score (nSPS) is 10.6. The van der Waals surface area contributed by atoms with Crippen LogP contribution in [0.4, 0.5) is 5.13 Å². The summed E-state index contributed by atoms with van der Waals surface area (Å²) in [5.74, 6) is 1.41. The molecule has 0 saturated carbocycles. The number of benzene rings is 1. The Hall–Kier alpha value is -2.67. The van der Waals surface area contributed by atoms with Crippen molar-refractivity contribution in [3.63, 3.8) is 0 Å². The molecule has 1 amide bonds. The molecule has 0 fully saturated rings. The van der Waals surface area contributed by atoms with Crippen molar-refractivity contribution in [1.29, 1.82) is 0 Å². The summed E-state index contributed by atoms with van der Waals surface area (Å²) in [6.07, 6.45) is 1.95. The minimum atomic E-state index is -0.0886. The van der Waals surface area contributed by atoms with E-state index in [0.717, 1.165) is 28.3 Å². The van der Waals surface area contributed by atoms with Crippen LogP contribution in [0.5, 0.6) is 5.75 Å². The first-order valence-corrected chi connectivity index (χ1v) is 8.32. The summed E-state index contributed by atoms with van der Waals surface area (Å²) in [6, 6.07) is 7.46. The lowest BCUT2D eigenvalue weighted by molar-refractivity contribution is -0.115. The second-order valence-electron chi connectivity index (χ2n) is 5.30. The maximum absolute atomic E-state index is 11.9. The highest BCUT2D eigenvalue weighted by Gasteiger charge is 2.10. The average molecular weight is 343 g/mol. The topological polar surface area (TPSA) is 77.2 Å². The molecule has 0 radical (unpaired) electrons. The Kier molecular flexibility index (Phi) is 4.90. The van der Waals surface area contributed by atoms with Gasteiger partial charge in [0.1, 0.15) is 18.1 Å². The maximum Gasteiger partial charge on any atom is 0.230 e. The fraction of sp³-hybridized carbons (Fsp3) is 0.235. The van der Waals surface area contributed by atoms with Gasteiger partial charge in [0, 0.05) is 11.6 Å². The molecule has 1 N–H and O–H groups in total. The van der Waals surface area contributed by atoms with Crippen molar-refractivity contribution < 1.29 is 14.1 Å². The Labute approximate surface area is 143 Å². The molecule has 3 rings (SSSR count). The summed E-state index contributed by atoms with van der Waals surface area (Å²) in [7, 11) is 0. The zero-order chi connectivity index (χ0) is 16.9.